The van der Waals surface area contributed by atoms with Gasteiger partial charge in [-0.05, 0) is 31.4 Å². The first-order valence-electron chi connectivity index (χ1n) is 6.02. The molecule has 0 aromatic heterocycles. The van der Waals surface area contributed by atoms with Crippen molar-refractivity contribution in [1.82, 2.24) is 5.32 Å². The van der Waals surface area contributed by atoms with Crippen LogP contribution >= 0.6 is 11.6 Å². The highest BCUT2D eigenvalue weighted by molar-refractivity contribution is 7.85. The molecule has 1 aromatic carbocycles. The summed E-state index contributed by atoms with van der Waals surface area (Å²) in [4.78, 5) is 0. The van der Waals surface area contributed by atoms with E-state index in [2.05, 4.69) is 18.3 Å². The highest BCUT2D eigenvalue weighted by Crippen LogP contribution is 2.23. The number of benzene rings is 1. The minimum absolute atomic E-state index is 0.250. The van der Waals surface area contributed by atoms with Crippen LogP contribution in [0.5, 0.6) is 0 Å². The lowest BCUT2D eigenvalue weighted by molar-refractivity contribution is 0.427. The van der Waals surface area contributed by atoms with Gasteiger partial charge >= 0.3 is 0 Å². The van der Waals surface area contributed by atoms with Gasteiger partial charge in [-0.1, -0.05) is 29.8 Å². The summed E-state index contributed by atoms with van der Waals surface area (Å²) in [6.07, 6.45) is 2.00. The van der Waals surface area contributed by atoms with Gasteiger partial charge in [-0.3, -0.25) is 4.21 Å². The first kappa shape index (κ1) is 13.1. The maximum Gasteiger partial charge on any atom is 0.0453 e. The second-order valence-electron chi connectivity index (χ2n) is 4.53. The molecule has 0 spiro atoms. The average Bonchev–Trinajstić information content (AvgIpc) is 2.32. The summed E-state index contributed by atoms with van der Waals surface area (Å²) >= 11 is 6.17. The first-order valence-corrected chi connectivity index (χ1v) is 7.89. The van der Waals surface area contributed by atoms with Crippen molar-refractivity contribution < 1.29 is 4.21 Å². The molecule has 1 N–H and O–H groups in total. The van der Waals surface area contributed by atoms with Crippen LogP contribution in [0.1, 0.15) is 31.4 Å². The first-order chi connectivity index (χ1) is 8.16. The Bertz CT molecular complexity index is 400. The van der Waals surface area contributed by atoms with Crippen LogP contribution in [0, 0.1) is 0 Å². The summed E-state index contributed by atoms with van der Waals surface area (Å²) < 4.78 is 11.3. The van der Waals surface area contributed by atoms with Gasteiger partial charge < -0.3 is 5.32 Å². The third kappa shape index (κ3) is 3.54. The molecule has 2 rings (SSSR count). The van der Waals surface area contributed by atoms with Crippen molar-refractivity contribution in [2.75, 3.05) is 11.5 Å². The Morgan fingerprint density at radius 2 is 2.00 bits per heavy atom. The molecule has 1 saturated heterocycles. The Balaban J connectivity index is 1.95. The monoisotopic (exact) mass is 271 g/mol. The Labute approximate surface area is 110 Å². The smallest absolute Gasteiger partial charge is 0.0453 e. The van der Waals surface area contributed by atoms with Crippen molar-refractivity contribution >= 4 is 22.4 Å². The van der Waals surface area contributed by atoms with E-state index in [4.69, 9.17) is 11.6 Å². The largest absolute Gasteiger partial charge is 0.307 e. The molecule has 1 heterocycles. The third-order valence-electron chi connectivity index (χ3n) is 3.25. The fraction of sp³-hybridized carbons (Fsp3) is 0.538. The van der Waals surface area contributed by atoms with Crippen molar-refractivity contribution in [3.63, 3.8) is 0 Å². The molecule has 1 atom stereocenters. The van der Waals surface area contributed by atoms with Gasteiger partial charge in [0, 0.05) is 39.4 Å². The van der Waals surface area contributed by atoms with Crippen LogP contribution < -0.4 is 5.32 Å². The van der Waals surface area contributed by atoms with Gasteiger partial charge in [0.25, 0.3) is 0 Å². The van der Waals surface area contributed by atoms with Crippen molar-refractivity contribution in [2.24, 2.45) is 0 Å². The summed E-state index contributed by atoms with van der Waals surface area (Å²) in [5.74, 6) is 1.65. The van der Waals surface area contributed by atoms with E-state index in [1.807, 2.05) is 18.2 Å². The predicted molar refractivity (Wildman–Crippen MR) is 73.9 cm³/mol. The molecule has 0 amide bonds. The molecule has 0 bridgehead atoms. The number of nitrogens with one attached hydrogen (secondary N) is 1. The second-order valence-corrected chi connectivity index (χ2v) is 6.64. The SMILES string of the molecule is C[C@H](NC1CCS(=O)CC1)c1ccccc1Cl. The van der Waals surface area contributed by atoms with Gasteiger partial charge in [0.15, 0.2) is 0 Å². The number of rotatable bonds is 3. The van der Waals surface area contributed by atoms with E-state index < -0.39 is 10.8 Å². The molecule has 0 radical (unpaired) electrons. The lowest BCUT2D eigenvalue weighted by Gasteiger charge is -2.27. The van der Waals surface area contributed by atoms with Crippen LogP contribution in [-0.2, 0) is 10.8 Å². The van der Waals surface area contributed by atoms with E-state index >= 15 is 0 Å². The highest BCUT2D eigenvalue weighted by atomic mass is 35.5. The summed E-state index contributed by atoms with van der Waals surface area (Å²) in [6.45, 7) is 2.13. The van der Waals surface area contributed by atoms with E-state index in [1.54, 1.807) is 0 Å². The van der Waals surface area contributed by atoms with E-state index in [0.29, 0.717) is 6.04 Å². The highest BCUT2D eigenvalue weighted by Gasteiger charge is 2.20. The summed E-state index contributed by atoms with van der Waals surface area (Å²) in [5, 5.41) is 4.39. The maximum atomic E-state index is 11.3. The second kappa shape index (κ2) is 5.98. The number of hydrogen-bond acceptors (Lipinski definition) is 2. The van der Waals surface area contributed by atoms with Crippen molar-refractivity contribution in [1.29, 1.82) is 0 Å². The van der Waals surface area contributed by atoms with Crippen molar-refractivity contribution in [3.8, 4) is 0 Å². The molecule has 1 aromatic rings. The fourth-order valence-corrected chi connectivity index (χ4v) is 3.83. The molecule has 1 aliphatic rings. The summed E-state index contributed by atoms with van der Waals surface area (Å²) in [5.41, 5.74) is 1.14. The van der Waals surface area contributed by atoms with Gasteiger partial charge in [-0.2, -0.15) is 0 Å². The average molecular weight is 272 g/mol. The van der Waals surface area contributed by atoms with Crippen LogP contribution in [0.2, 0.25) is 5.02 Å². The molecular weight excluding hydrogens is 254 g/mol. The van der Waals surface area contributed by atoms with E-state index in [1.165, 1.54) is 0 Å². The van der Waals surface area contributed by atoms with Gasteiger partial charge in [-0.15, -0.1) is 0 Å². The molecule has 0 saturated carbocycles. The topological polar surface area (TPSA) is 29.1 Å². The third-order valence-corrected chi connectivity index (χ3v) is 4.97. The number of hydrogen-bond donors (Lipinski definition) is 1. The zero-order chi connectivity index (χ0) is 12.3. The van der Waals surface area contributed by atoms with Crippen LogP contribution in [-0.4, -0.2) is 21.8 Å². The molecule has 1 aliphatic heterocycles. The van der Waals surface area contributed by atoms with Gasteiger partial charge in [0.2, 0.25) is 0 Å². The van der Waals surface area contributed by atoms with Crippen LogP contribution in [0.4, 0.5) is 0 Å². The Morgan fingerprint density at radius 1 is 1.35 bits per heavy atom. The maximum absolute atomic E-state index is 11.3. The van der Waals surface area contributed by atoms with Crippen LogP contribution in [0.15, 0.2) is 24.3 Å². The zero-order valence-corrected chi connectivity index (χ0v) is 11.6. The lowest BCUT2D eigenvalue weighted by Crippen LogP contribution is -2.37. The lowest BCUT2D eigenvalue weighted by atomic mass is 10.1. The minimum Gasteiger partial charge on any atom is -0.307 e. The quantitative estimate of drug-likeness (QED) is 0.916. The van der Waals surface area contributed by atoms with E-state index in [0.717, 1.165) is 34.9 Å². The van der Waals surface area contributed by atoms with Crippen molar-refractivity contribution in [3.05, 3.63) is 34.9 Å². The number of halogens is 1. The van der Waals surface area contributed by atoms with Gasteiger partial charge in [0.1, 0.15) is 0 Å². The van der Waals surface area contributed by atoms with Crippen LogP contribution in [0.3, 0.4) is 0 Å². The molecule has 0 aliphatic carbocycles. The molecule has 4 heteroatoms. The Hall–Kier alpha value is -0.380. The standard InChI is InChI=1S/C13H18ClNOS/c1-10(12-4-2-3-5-13(12)14)15-11-6-8-17(16)9-7-11/h2-5,10-11,15H,6-9H2,1H3/t10-,11?,17?/m0/s1. The van der Waals surface area contributed by atoms with E-state index in [9.17, 15) is 4.21 Å². The van der Waals surface area contributed by atoms with E-state index in [-0.39, 0.29) is 6.04 Å². The molecule has 1 fully saturated rings. The van der Waals surface area contributed by atoms with Gasteiger partial charge in [-0.25, -0.2) is 0 Å². The normalized spacial score (nSPS) is 26.7. The minimum atomic E-state index is -0.591. The Morgan fingerprint density at radius 3 is 2.65 bits per heavy atom. The van der Waals surface area contributed by atoms with Crippen molar-refractivity contribution in [2.45, 2.75) is 31.8 Å². The summed E-state index contributed by atoms with van der Waals surface area (Å²) in [7, 11) is -0.591. The molecule has 0 unspecified atom stereocenters. The zero-order valence-electron chi connectivity index (χ0n) is 9.99. The van der Waals surface area contributed by atoms with Crippen LogP contribution in [0.25, 0.3) is 0 Å². The molecular formula is C13H18ClNOS. The predicted octanol–water partition coefficient (Wildman–Crippen LogP) is 2.90. The molecule has 94 valence electrons. The molecule has 2 nitrogen and oxygen atoms in total. The summed E-state index contributed by atoms with van der Waals surface area (Å²) in [6, 6.07) is 8.66. The fourth-order valence-electron chi connectivity index (χ4n) is 2.23. The molecule has 17 heavy (non-hydrogen) atoms. The van der Waals surface area contributed by atoms with Gasteiger partial charge in [0.05, 0.1) is 0 Å². The Kier molecular flexibility index (Phi) is 4.60.